The molecule has 0 saturated heterocycles. The molecule has 1 aliphatic carbocycles. The summed E-state index contributed by atoms with van der Waals surface area (Å²) in [7, 11) is 0. The Kier molecular flexibility index (Phi) is 6.84. The van der Waals surface area contributed by atoms with Gasteiger partial charge in [0.1, 0.15) is 0 Å². The lowest BCUT2D eigenvalue weighted by Gasteiger charge is -2.20. The summed E-state index contributed by atoms with van der Waals surface area (Å²) in [5, 5.41) is 11.6. The van der Waals surface area contributed by atoms with Crippen molar-refractivity contribution in [1.29, 1.82) is 0 Å². The van der Waals surface area contributed by atoms with Crippen LogP contribution < -0.4 is 11.1 Å². The molecule has 1 amide bonds. The average molecular weight is 270 g/mol. The molecule has 5 heteroatoms. The van der Waals surface area contributed by atoms with Gasteiger partial charge in [0.05, 0.1) is 11.8 Å². The van der Waals surface area contributed by atoms with E-state index in [9.17, 15) is 9.59 Å². The summed E-state index contributed by atoms with van der Waals surface area (Å²) in [6.07, 6.45) is 6.43. The summed E-state index contributed by atoms with van der Waals surface area (Å²) in [5.74, 6) is -1.16. The van der Waals surface area contributed by atoms with Crippen LogP contribution in [0.3, 0.4) is 0 Å². The topological polar surface area (TPSA) is 92.4 Å². The van der Waals surface area contributed by atoms with Crippen molar-refractivity contribution in [1.82, 2.24) is 5.32 Å². The van der Waals surface area contributed by atoms with Crippen molar-refractivity contribution >= 4 is 11.9 Å². The van der Waals surface area contributed by atoms with Crippen LogP contribution in [-0.4, -0.2) is 29.6 Å². The normalized spacial score (nSPS) is 25.4. The predicted octanol–water partition coefficient (Wildman–Crippen LogP) is 1.51. The van der Waals surface area contributed by atoms with Gasteiger partial charge in [0.15, 0.2) is 0 Å². The second kappa shape index (κ2) is 8.15. The van der Waals surface area contributed by atoms with Crippen LogP contribution in [0.15, 0.2) is 0 Å². The summed E-state index contributed by atoms with van der Waals surface area (Å²) >= 11 is 0. The molecule has 3 atom stereocenters. The highest BCUT2D eigenvalue weighted by molar-refractivity contribution is 5.79. The first kappa shape index (κ1) is 16.0. The largest absolute Gasteiger partial charge is 0.481 e. The van der Waals surface area contributed by atoms with Crippen molar-refractivity contribution in [3.63, 3.8) is 0 Å². The fourth-order valence-electron chi connectivity index (χ4n) is 2.54. The molecule has 3 unspecified atom stereocenters. The van der Waals surface area contributed by atoms with Crippen molar-refractivity contribution in [2.24, 2.45) is 17.6 Å². The molecule has 0 aromatic rings. The Bertz CT molecular complexity index is 307. The molecule has 1 aliphatic rings. The van der Waals surface area contributed by atoms with Gasteiger partial charge in [-0.05, 0) is 25.7 Å². The van der Waals surface area contributed by atoms with E-state index in [1.165, 1.54) is 0 Å². The van der Waals surface area contributed by atoms with Crippen LogP contribution in [-0.2, 0) is 9.59 Å². The molecular formula is C14H26N2O3. The molecule has 0 bridgehead atoms. The molecular weight excluding hydrogens is 244 g/mol. The Morgan fingerprint density at radius 1 is 1.32 bits per heavy atom. The molecule has 4 N–H and O–H groups in total. The van der Waals surface area contributed by atoms with E-state index >= 15 is 0 Å². The highest BCUT2D eigenvalue weighted by Gasteiger charge is 2.26. The van der Waals surface area contributed by atoms with Gasteiger partial charge in [-0.15, -0.1) is 0 Å². The summed E-state index contributed by atoms with van der Waals surface area (Å²) in [4.78, 5) is 22.7. The standard InChI is InChI=1S/C14H26N2O3/c1-10(14(18)19)6-5-9-16-13(17)11-7-3-2-4-8-12(11)15/h10-12H,2-9,15H2,1H3,(H,16,17)(H,18,19). The van der Waals surface area contributed by atoms with Crippen molar-refractivity contribution < 1.29 is 14.7 Å². The number of rotatable bonds is 6. The maximum absolute atomic E-state index is 12.0. The first-order chi connectivity index (χ1) is 9.02. The minimum absolute atomic E-state index is 0.0274. The van der Waals surface area contributed by atoms with Crippen LogP contribution in [0.25, 0.3) is 0 Å². The van der Waals surface area contributed by atoms with Crippen LogP contribution in [0.4, 0.5) is 0 Å². The average Bonchev–Trinajstić information content (AvgIpc) is 2.58. The highest BCUT2D eigenvalue weighted by atomic mass is 16.4. The molecule has 1 saturated carbocycles. The van der Waals surface area contributed by atoms with Gasteiger partial charge in [-0.2, -0.15) is 0 Å². The summed E-state index contributed by atoms with van der Waals surface area (Å²) < 4.78 is 0. The van der Waals surface area contributed by atoms with E-state index in [0.717, 1.165) is 32.1 Å². The number of hydrogen-bond acceptors (Lipinski definition) is 3. The zero-order valence-corrected chi connectivity index (χ0v) is 11.7. The van der Waals surface area contributed by atoms with Crippen molar-refractivity contribution in [3.05, 3.63) is 0 Å². The van der Waals surface area contributed by atoms with Crippen molar-refractivity contribution in [2.75, 3.05) is 6.54 Å². The van der Waals surface area contributed by atoms with E-state index in [2.05, 4.69) is 5.32 Å². The Morgan fingerprint density at radius 2 is 2.00 bits per heavy atom. The summed E-state index contributed by atoms with van der Waals surface area (Å²) in [5.41, 5.74) is 6.03. The second-order valence-corrected chi connectivity index (χ2v) is 5.58. The smallest absolute Gasteiger partial charge is 0.306 e. The van der Waals surface area contributed by atoms with Crippen LogP contribution in [0.5, 0.6) is 0 Å². The molecule has 0 radical (unpaired) electrons. The lowest BCUT2D eigenvalue weighted by molar-refractivity contribution is -0.141. The minimum Gasteiger partial charge on any atom is -0.481 e. The number of amides is 1. The number of nitrogens with one attached hydrogen (secondary N) is 1. The van der Waals surface area contributed by atoms with Gasteiger partial charge in [-0.25, -0.2) is 0 Å². The maximum Gasteiger partial charge on any atom is 0.306 e. The molecule has 0 aromatic carbocycles. The zero-order valence-electron chi connectivity index (χ0n) is 11.7. The van der Waals surface area contributed by atoms with Crippen molar-refractivity contribution in [2.45, 2.75) is 57.9 Å². The zero-order chi connectivity index (χ0) is 14.3. The summed E-state index contributed by atoms with van der Waals surface area (Å²) in [6, 6.07) is -0.0274. The number of carboxylic acid groups (broad SMARTS) is 1. The van der Waals surface area contributed by atoms with Gasteiger partial charge < -0.3 is 16.2 Å². The lowest BCUT2D eigenvalue weighted by Crippen LogP contribution is -2.41. The van der Waals surface area contributed by atoms with Crippen LogP contribution in [0, 0.1) is 11.8 Å². The third-order valence-electron chi connectivity index (χ3n) is 3.94. The van der Waals surface area contributed by atoms with Gasteiger partial charge in [0.25, 0.3) is 0 Å². The first-order valence-electron chi connectivity index (χ1n) is 7.28. The van der Waals surface area contributed by atoms with Gasteiger partial charge in [-0.1, -0.05) is 26.2 Å². The number of carboxylic acids is 1. The molecule has 1 rings (SSSR count). The lowest BCUT2D eigenvalue weighted by atomic mass is 9.94. The van der Waals surface area contributed by atoms with Gasteiger partial charge >= 0.3 is 5.97 Å². The summed E-state index contributed by atoms with van der Waals surface area (Å²) in [6.45, 7) is 2.23. The number of nitrogens with two attached hydrogens (primary N) is 1. The van der Waals surface area contributed by atoms with E-state index in [1.807, 2.05) is 0 Å². The highest BCUT2D eigenvalue weighted by Crippen LogP contribution is 2.22. The van der Waals surface area contributed by atoms with Crippen molar-refractivity contribution in [3.8, 4) is 0 Å². The Morgan fingerprint density at radius 3 is 2.68 bits per heavy atom. The minimum atomic E-state index is -0.780. The van der Waals surface area contributed by atoms with E-state index < -0.39 is 5.97 Å². The molecule has 0 aliphatic heterocycles. The Labute approximate surface area is 114 Å². The fourth-order valence-corrected chi connectivity index (χ4v) is 2.54. The quantitative estimate of drug-likeness (QED) is 0.504. The SMILES string of the molecule is CC(CCCNC(=O)C1CCCCCC1N)C(=O)O. The first-order valence-corrected chi connectivity index (χ1v) is 7.28. The van der Waals surface area contributed by atoms with Gasteiger partial charge in [0, 0.05) is 12.6 Å². The number of carbonyl (C=O) groups excluding carboxylic acids is 1. The molecule has 0 heterocycles. The second-order valence-electron chi connectivity index (χ2n) is 5.58. The van der Waals surface area contributed by atoms with Gasteiger partial charge in [0.2, 0.25) is 5.91 Å². The monoisotopic (exact) mass is 270 g/mol. The molecule has 1 fully saturated rings. The number of hydrogen-bond donors (Lipinski definition) is 3. The predicted molar refractivity (Wildman–Crippen MR) is 73.6 cm³/mol. The van der Waals surface area contributed by atoms with Crippen LogP contribution in [0.1, 0.15) is 51.9 Å². The number of aliphatic carboxylic acids is 1. The van der Waals surface area contributed by atoms with E-state index in [-0.39, 0.29) is 23.8 Å². The molecule has 110 valence electrons. The Balaban J connectivity index is 2.24. The van der Waals surface area contributed by atoms with Gasteiger partial charge in [-0.3, -0.25) is 9.59 Å². The van der Waals surface area contributed by atoms with E-state index in [1.54, 1.807) is 6.92 Å². The van der Waals surface area contributed by atoms with Crippen LogP contribution in [0.2, 0.25) is 0 Å². The number of carbonyl (C=O) groups is 2. The van der Waals surface area contributed by atoms with Crippen LogP contribution >= 0.6 is 0 Å². The molecule has 0 spiro atoms. The fraction of sp³-hybridized carbons (Fsp3) is 0.857. The van der Waals surface area contributed by atoms with E-state index in [4.69, 9.17) is 10.8 Å². The van der Waals surface area contributed by atoms with E-state index in [0.29, 0.717) is 19.4 Å². The molecule has 19 heavy (non-hydrogen) atoms. The molecule has 5 nitrogen and oxygen atoms in total. The third-order valence-corrected chi connectivity index (χ3v) is 3.94. The third kappa shape index (κ3) is 5.59. The molecule has 0 aromatic heterocycles. The Hall–Kier alpha value is -1.10. The maximum atomic E-state index is 12.0.